The van der Waals surface area contributed by atoms with Gasteiger partial charge in [0, 0.05) is 13.2 Å². The topological polar surface area (TPSA) is 50.7 Å². The van der Waals surface area contributed by atoms with E-state index in [0.29, 0.717) is 0 Å². The second kappa shape index (κ2) is 6.37. The molecule has 2 atom stereocenters. The lowest BCUT2D eigenvalue weighted by Crippen LogP contribution is -2.46. The molecule has 0 radical (unpaired) electrons. The molecule has 2 N–H and O–H groups in total. The summed E-state index contributed by atoms with van der Waals surface area (Å²) in [5.41, 5.74) is 0.604. The van der Waals surface area contributed by atoms with Crippen molar-refractivity contribution in [3.63, 3.8) is 0 Å². The molecule has 0 spiro atoms. The summed E-state index contributed by atoms with van der Waals surface area (Å²) in [5.74, 6) is 0.822. The van der Waals surface area contributed by atoms with Crippen LogP contribution in [0.3, 0.4) is 0 Å². The molecule has 0 aromatic heterocycles. The summed E-state index contributed by atoms with van der Waals surface area (Å²) in [6.45, 7) is 3.67. The molecule has 19 heavy (non-hydrogen) atoms. The molecule has 0 aliphatic carbocycles. The van der Waals surface area contributed by atoms with Crippen molar-refractivity contribution in [1.29, 1.82) is 0 Å². The molecule has 4 nitrogen and oxygen atoms in total. The summed E-state index contributed by atoms with van der Waals surface area (Å²) < 4.78 is 10.8. The Bertz CT molecular complexity index is 387. The molecule has 1 heterocycles. The van der Waals surface area contributed by atoms with E-state index in [4.69, 9.17) is 9.47 Å². The number of hydrogen-bond donors (Lipinski definition) is 2. The van der Waals surface area contributed by atoms with Gasteiger partial charge in [-0.1, -0.05) is 12.1 Å². The number of aliphatic hydroxyl groups excluding tert-OH is 1. The molecule has 1 aliphatic heterocycles. The van der Waals surface area contributed by atoms with Crippen molar-refractivity contribution in [2.45, 2.75) is 31.4 Å². The molecule has 1 aromatic rings. The molecule has 2 unspecified atom stereocenters. The zero-order valence-electron chi connectivity index (χ0n) is 11.7. The predicted octanol–water partition coefficient (Wildman–Crippen LogP) is 1.67. The van der Waals surface area contributed by atoms with Crippen LogP contribution in [0.2, 0.25) is 0 Å². The zero-order chi connectivity index (χ0) is 13.7. The molecule has 1 aromatic carbocycles. The highest BCUT2D eigenvalue weighted by molar-refractivity contribution is 5.31. The van der Waals surface area contributed by atoms with Crippen molar-refractivity contribution in [2.24, 2.45) is 0 Å². The third-order valence-electron chi connectivity index (χ3n) is 3.79. The largest absolute Gasteiger partial charge is 0.497 e. The van der Waals surface area contributed by atoms with Crippen molar-refractivity contribution in [2.75, 3.05) is 26.9 Å². The van der Waals surface area contributed by atoms with Gasteiger partial charge >= 0.3 is 0 Å². The van der Waals surface area contributed by atoms with Crippen molar-refractivity contribution in [3.8, 4) is 5.75 Å². The Kier molecular flexibility index (Phi) is 4.80. The van der Waals surface area contributed by atoms with Gasteiger partial charge < -0.3 is 19.9 Å². The fourth-order valence-corrected chi connectivity index (χ4v) is 2.35. The molecule has 106 valence electrons. The van der Waals surface area contributed by atoms with Gasteiger partial charge in [0.25, 0.3) is 0 Å². The zero-order valence-corrected chi connectivity index (χ0v) is 11.7. The van der Waals surface area contributed by atoms with Crippen LogP contribution in [0.1, 0.15) is 25.3 Å². The van der Waals surface area contributed by atoms with Gasteiger partial charge in [0.05, 0.1) is 25.4 Å². The van der Waals surface area contributed by atoms with Crippen molar-refractivity contribution < 1.29 is 14.6 Å². The highest BCUT2D eigenvalue weighted by Gasteiger charge is 2.27. The molecule has 1 aliphatic rings. The average Bonchev–Trinajstić information content (AvgIpc) is 2.98. The monoisotopic (exact) mass is 265 g/mol. The molecule has 0 saturated carbocycles. The van der Waals surface area contributed by atoms with E-state index in [1.807, 2.05) is 31.2 Å². The summed E-state index contributed by atoms with van der Waals surface area (Å²) in [7, 11) is 1.65. The lowest BCUT2D eigenvalue weighted by atomic mass is 9.92. The highest BCUT2D eigenvalue weighted by Crippen LogP contribution is 2.23. The second-order valence-corrected chi connectivity index (χ2v) is 5.23. The highest BCUT2D eigenvalue weighted by atomic mass is 16.5. The Labute approximate surface area is 114 Å². The Morgan fingerprint density at radius 3 is 2.68 bits per heavy atom. The van der Waals surface area contributed by atoms with Gasteiger partial charge in [-0.05, 0) is 37.5 Å². The fourth-order valence-electron chi connectivity index (χ4n) is 2.35. The summed E-state index contributed by atoms with van der Waals surface area (Å²) in [4.78, 5) is 0. The van der Waals surface area contributed by atoms with Crippen LogP contribution in [-0.2, 0) is 10.3 Å². The maximum Gasteiger partial charge on any atom is 0.118 e. The second-order valence-electron chi connectivity index (χ2n) is 5.23. The van der Waals surface area contributed by atoms with Crippen LogP contribution < -0.4 is 10.1 Å². The molecule has 1 fully saturated rings. The molecule has 4 heteroatoms. The van der Waals surface area contributed by atoms with Gasteiger partial charge in [0.15, 0.2) is 0 Å². The van der Waals surface area contributed by atoms with Crippen molar-refractivity contribution in [1.82, 2.24) is 5.32 Å². The minimum absolute atomic E-state index is 0.0477. The van der Waals surface area contributed by atoms with Gasteiger partial charge in [-0.25, -0.2) is 0 Å². The SMILES string of the molecule is COc1ccc(C(C)(CO)NCC2CCCO2)cc1. The van der Waals surface area contributed by atoms with E-state index in [1.165, 1.54) is 0 Å². The van der Waals surface area contributed by atoms with Crippen LogP contribution in [0.25, 0.3) is 0 Å². The Morgan fingerprint density at radius 1 is 1.42 bits per heavy atom. The minimum atomic E-state index is -0.446. The number of methoxy groups -OCH3 is 1. The maximum absolute atomic E-state index is 9.70. The number of ether oxygens (including phenoxy) is 2. The summed E-state index contributed by atoms with van der Waals surface area (Å²) in [6, 6.07) is 7.79. The smallest absolute Gasteiger partial charge is 0.118 e. The number of hydrogen-bond acceptors (Lipinski definition) is 4. The molecular weight excluding hydrogens is 242 g/mol. The number of nitrogens with one attached hydrogen (secondary N) is 1. The van der Waals surface area contributed by atoms with Crippen LogP contribution in [0.5, 0.6) is 5.75 Å². The molecule has 0 amide bonds. The van der Waals surface area contributed by atoms with Crippen molar-refractivity contribution >= 4 is 0 Å². The van der Waals surface area contributed by atoms with Gasteiger partial charge in [0.1, 0.15) is 5.75 Å². The van der Waals surface area contributed by atoms with Crippen molar-refractivity contribution in [3.05, 3.63) is 29.8 Å². The van der Waals surface area contributed by atoms with E-state index in [2.05, 4.69) is 5.32 Å². The van der Waals surface area contributed by atoms with E-state index < -0.39 is 5.54 Å². The Hall–Kier alpha value is -1.10. The first-order valence-electron chi connectivity index (χ1n) is 6.80. The quantitative estimate of drug-likeness (QED) is 0.821. The van der Waals surface area contributed by atoms with Crippen LogP contribution in [0, 0.1) is 0 Å². The fraction of sp³-hybridized carbons (Fsp3) is 0.600. The van der Waals surface area contributed by atoms with Gasteiger partial charge in [-0.15, -0.1) is 0 Å². The van der Waals surface area contributed by atoms with Gasteiger partial charge in [-0.2, -0.15) is 0 Å². The first kappa shape index (κ1) is 14.3. The van der Waals surface area contributed by atoms with E-state index in [1.54, 1.807) is 7.11 Å². The normalized spacial score (nSPS) is 22.2. The third kappa shape index (κ3) is 3.47. The summed E-state index contributed by atoms with van der Waals surface area (Å²) >= 11 is 0. The summed E-state index contributed by atoms with van der Waals surface area (Å²) in [6.07, 6.45) is 2.49. The first-order valence-corrected chi connectivity index (χ1v) is 6.80. The van der Waals surface area contributed by atoms with Crippen LogP contribution in [-0.4, -0.2) is 38.1 Å². The van der Waals surface area contributed by atoms with E-state index in [0.717, 1.165) is 37.3 Å². The summed E-state index contributed by atoms with van der Waals surface area (Å²) in [5, 5.41) is 13.1. The number of rotatable bonds is 6. The van der Waals surface area contributed by atoms with Gasteiger partial charge in [-0.3, -0.25) is 0 Å². The van der Waals surface area contributed by atoms with E-state index in [-0.39, 0.29) is 12.7 Å². The standard InChI is InChI=1S/C15H23NO3/c1-15(11-17,16-10-14-4-3-9-19-14)12-5-7-13(18-2)8-6-12/h5-8,14,16-17H,3-4,9-11H2,1-2H3. The molecule has 0 bridgehead atoms. The van der Waals surface area contributed by atoms with Crippen LogP contribution in [0.4, 0.5) is 0 Å². The number of benzene rings is 1. The number of aliphatic hydroxyl groups is 1. The molecule has 1 saturated heterocycles. The van der Waals surface area contributed by atoms with E-state index >= 15 is 0 Å². The van der Waals surface area contributed by atoms with E-state index in [9.17, 15) is 5.11 Å². The maximum atomic E-state index is 9.70. The predicted molar refractivity (Wildman–Crippen MR) is 74.4 cm³/mol. The van der Waals surface area contributed by atoms with Gasteiger partial charge in [0.2, 0.25) is 0 Å². The Balaban J connectivity index is 2.02. The minimum Gasteiger partial charge on any atom is -0.497 e. The first-order chi connectivity index (χ1) is 9.18. The van der Waals surface area contributed by atoms with Crippen LogP contribution in [0.15, 0.2) is 24.3 Å². The van der Waals surface area contributed by atoms with Crippen LogP contribution >= 0.6 is 0 Å². The molecule has 2 rings (SSSR count). The average molecular weight is 265 g/mol. The lowest BCUT2D eigenvalue weighted by molar-refractivity contribution is 0.0910. The third-order valence-corrected chi connectivity index (χ3v) is 3.79. The molecular formula is C15H23NO3. The Morgan fingerprint density at radius 2 is 2.16 bits per heavy atom. The lowest BCUT2D eigenvalue weighted by Gasteiger charge is -2.30.